The molecule has 0 aliphatic rings. The molecule has 4 N–H and O–H groups in total. The molecule has 0 saturated carbocycles. The van der Waals surface area contributed by atoms with Gasteiger partial charge in [-0.3, -0.25) is 5.84 Å². The summed E-state index contributed by atoms with van der Waals surface area (Å²) < 4.78 is 27.5. The van der Waals surface area contributed by atoms with E-state index in [4.69, 9.17) is 17.4 Å². The van der Waals surface area contributed by atoms with E-state index in [-0.39, 0.29) is 4.90 Å². The zero-order valence-electron chi connectivity index (χ0n) is 11.4. The predicted molar refractivity (Wildman–Crippen MR) is 84.4 cm³/mol. The number of nitrogens with one attached hydrogen (secondary N) is 2. The number of nitrogens with two attached hydrogens (primary N) is 1. The second-order valence-electron chi connectivity index (χ2n) is 4.54. The van der Waals surface area contributed by atoms with Crippen LogP contribution in [0, 0.1) is 0 Å². The van der Waals surface area contributed by atoms with E-state index >= 15 is 0 Å². The van der Waals surface area contributed by atoms with Crippen molar-refractivity contribution in [1.82, 2.24) is 4.72 Å². The number of para-hydroxylation sites is 1. The number of rotatable bonds is 5. The van der Waals surface area contributed by atoms with Crippen LogP contribution in [-0.4, -0.2) is 8.42 Å². The van der Waals surface area contributed by atoms with Crippen molar-refractivity contribution in [2.45, 2.75) is 17.9 Å². The van der Waals surface area contributed by atoms with Crippen LogP contribution in [0.2, 0.25) is 5.02 Å². The van der Waals surface area contributed by atoms with Crippen LogP contribution in [0.3, 0.4) is 0 Å². The average Bonchev–Trinajstić information content (AvgIpc) is 2.46. The zero-order chi connectivity index (χ0) is 15.5. The van der Waals surface area contributed by atoms with E-state index in [1.54, 1.807) is 43.3 Å². The molecule has 0 saturated heterocycles. The zero-order valence-corrected chi connectivity index (χ0v) is 12.9. The van der Waals surface area contributed by atoms with E-state index in [0.717, 1.165) is 5.56 Å². The second kappa shape index (κ2) is 6.44. The van der Waals surface area contributed by atoms with Crippen molar-refractivity contribution in [3.8, 4) is 0 Å². The summed E-state index contributed by atoms with van der Waals surface area (Å²) in [4.78, 5) is 0.0985. The van der Waals surface area contributed by atoms with Crippen molar-refractivity contribution in [2.75, 3.05) is 5.43 Å². The molecule has 0 spiro atoms. The molecule has 1 atom stereocenters. The molecule has 7 heteroatoms. The molecule has 2 rings (SSSR count). The van der Waals surface area contributed by atoms with Gasteiger partial charge in [0.15, 0.2) is 0 Å². The summed E-state index contributed by atoms with van der Waals surface area (Å²) in [7, 11) is -3.70. The topological polar surface area (TPSA) is 84.2 Å². The van der Waals surface area contributed by atoms with Crippen LogP contribution >= 0.6 is 11.6 Å². The fourth-order valence-electron chi connectivity index (χ4n) is 1.96. The van der Waals surface area contributed by atoms with E-state index in [1.807, 2.05) is 6.07 Å². The molecular weight excluding hydrogens is 310 g/mol. The summed E-state index contributed by atoms with van der Waals surface area (Å²) in [5.41, 5.74) is 3.50. The number of hydrogen-bond donors (Lipinski definition) is 3. The fourth-order valence-corrected chi connectivity index (χ4v) is 3.56. The van der Waals surface area contributed by atoms with Gasteiger partial charge in [0.2, 0.25) is 10.0 Å². The summed E-state index contributed by atoms with van der Waals surface area (Å²) in [6.07, 6.45) is 0. The second-order valence-corrected chi connectivity index (χ2v) is 6.66. The van der Waals surface area contributed by atoms with E-state index in [2.05, 4.69) is 10.1 Å². The fraction of sp³-hybridized carbons (Fsp3) is 0.143. The number of hydrogen-bond acceptors (Lipinski definition) is 4. The van der Waals surface area contributed by atoms with Gasteiger partial charge in [-0.05, 0) is 36.8 Å². The van der Waals surface area contributed by atoms with Crippen LogP contribution in [0.15, 0.2) is 53.4 Å². The number of hydrazine groups is 1. The van der Waals surface area contributed by atoms with Crippen molar-refractivity contribution in [3.05, 3.63) is 59.1 Å². The van der Waals surface area contributed by atoms with Crippen LogP contribution in [-0.2, 0) is 10.0 Å². The first-order valence-electron chi connectivity index (χ1n) is 6.27. The summed E-state index contributed by atoms with van der Waals surface area (Å²) in [5.74, 6) is 5.35. The lowest BCUT2D eigenvalue weighted by atomic mass is 10.1. The minimum absolute atomic E-state index is 0.0985. The maximum Gasteiger partial charge on any atom is 0.243 e. The van der Waals surface area contributed by atoms with Gasteiger partial charge in [-0.25, -0.2) is 13.1 Å². The minimum Gasteiger partial charge on any atom is -0.323 e. The Morgan fingerprint density at radius 1 is 1.14 bits per heavy atom. The Balaban J connectivity index is 2.29. The van der Waals surface area contributed by atoms with Gasteiger partial charge >= 0.3 is 0 Å². The molecular formula is C14H16ClN3O2S. The lowest BCUT2D eigenvalue weighted by molar-refractivity contribution is 0.567. The third kappa shape index (κ3) is 3.74. The number of anilines is 1. The Morgan fingerprint density at radius 3 is 2.52 bits per heavy atom. The van der Waals surface area contributed by atoms with Crippen molar-refractivity contribution in [2.24, 2.45) is 5.84 Å². The first-order valence-corrected chi connectivity index (χ1v) is 8.13. The highest BCUT2D eigenvalue weighted by Crippen LogP contribution is 2.23. The molecule has 21 heavy (non-hydrogen) atoms. The van der Waals surface area contributed by atoms with Gasteiger partial charge < -0.3 is 5.43 Å². The molecule has 0 aliphatic carbocycles. The molecule has 5 nitrogen and oxygen atoms in total. The lowest BCUT2D eigenvalue weighted by Crippen LogP contribution is -2.28. The Labute approximate surface area is 129 Å². The van der Waals surface area contributed by atoms with Crippen LogP contribution in [0.1, 0.15) is 18.5 Å². The van der Waals surface area contributed by atoms with Crippen LogP contribution in [0.25, 0.3) is 0 Å². The maximum atomic E-state index is 12.4. The van der Waals surface area contributed by atoms with Gasteiger partial charge in [0, 0.05) is 11.1 Å². The molecule has 1 unspecified atom stereocenters. The molecule has 0 radical (unpaired) electrons. The Hall–Kier alpha value is -1.60. The molecule has 0 bridgehead atoms. The monoisotopic (exact) mass is 325 g/mol. The van der Waals surface area contributed by atoms with Crippen molar-refractivity contribution < 1.29 is 8.42 Å². The normalized spacial score (nSPS) is 12.9. The molecule has 2 aromatic carbocycles. The van der Waals surface area contributed by atoms with E-state index in [9.17, 15) is 8.42 Å². The molecule has 0 aliphatic heterocycles. The lowest BCUT2D eigenvalue weighted by Gasteiger charge is -2.16. The number of sulfonamides is 1. The van der Waals surface area contributed by atoms with E-state index in [0.29, 0.717) is 10.7 Å². The van der Waals surface area contributed by atoms with Gasteiger partial charge in [-0.2, -0.15) is 0 Å². The molecule has 0 fully saturated rings. The molecule has 112 valence electrons. The van der Waals surface area contributed by atoms with Gasteiger partial charge in [0.25, 0.3) is 0 Å². The molecule has 0 amide bonds. The van der Waals surface area contributed by atoms with Crippen molar-refractivity contribution >= 4 is 27.3 Å². The van der Waals surface area contributed by atoms with Crippen LogP contribution < -0.4 is 16.0 Å². The number of halogens is 1. The third-order valence-electron chi connectivity index (χ3n) is 3.01. The largest absolute Gasteiger partial charge is 0.323 e. The summed E-state index contributed by atoms with van der Waals surface area (Å²) in [5, 5.41) is 0.558. The summed E-state index contributed by atoms with van der Waals surface area (Å²) >= 11 is 5.92. The molecule has 0 heterocycles. The van der Waals surface area contributed by atoms with Crippen molar-refractivity contribution in [3.63, 3.8) is 0 Å². The highest BCUT2D eigenvalue weighted by molar-refractivity contribution is 7.89. The smallest absolute Gasteiger partial charge is 0.243 e. The minimum atomic E-state index is -3.70. The standard InChI is InChI=1S/C14H16ClN3O2S/c1-10(11-5-4-6-12(15)9-11)18-21(19,20)14-8-3-2-7-13(14)17-16/h2-10,17-18H,16H2,1H3. The first-order chi connectivity index (χ1) is 9.94. The molecule has 2 aromatic rings. The summed E-state index contributed by atoms with van der Waals surface area (Å²) in [6.45, 7) is 1.75. The highest BCUT2D eigenvalue weighted by Gasteiger charge is 2.21. The maximum absolute atomic E-state index is 12.4. The summed E-state index contributed by atoms with van der Waals surface area (Å²) in [6, 6.07) is 13.1. The van der Waals surface area contributed by atoms with E-state index < -0.39 is 16.1 Å². The van der Waals surface area contributed by atoms with Gasteiger partial charge in [-0.15, -0.1) is 0 Å². The first kappa shape index (κ1) is 15.8. The Morgan fingerprint density at radius 2 is 1.86 bits per heavy atom. The number of nitrogen functional groups attached to an aromatic ring is 1. The Kier molecular flexibility index (Phi) is 4.84. The average molecular weight is 326 g/mol. The number of benzene rings is 2. The predicted octanol–water partition coefficient (Wildman–Crippen LogP) is 2.67. The van der Waals surface area contributed by atoms with Gasteiger partial charge in [-0.1, -0.05) is 35.9 Å². The van der Waals surface area contributed by atoms with Crippen LogP contribution in [0.5, 0.6) is 0 Å². The SMILES string of the molecule is CC(NS(=O)(=O)c1ccccc1NN)c1cccc(Cl)c1. The molecule has 0 aromatic heterocycles. The quantitative estimate of drug-likeness (QED) is 0.583. The van der Waals surface area contributed by atoms with Gasteiger partial charge in [0.05, 0.1) is 5.69 Å². The van der Waals surface area contributed by atoms with Crippen molar-refractivity contribution in [1.29, 1.82) is 0 Å². The van der Waals surface area contributed by atoms with E-state index in [1.165, 1.54) is 6.07 Å². The third-order valence-corrected chi connectivity index (χ3v) is 4.85. The Bertz CT molecular complexity index is 735. The highest BCUT2D eigenvalue weighted by atomic mass is 35.5. The van der Waals surface area contributed by atoms with Crippen LogP contribution in [0.4, 0.5) is 5.69 Å². The van der Waals surface area contributed by atoms with Gasteiger partial charge in [0.1, 0.15) is 4.90 Å².